The van der Waals surface area contributed by atoms with Crippen LogP contribution in [0.4, 0.5) is 0 Å². The van der Waals surface area contributed by atoms with Gasteiger partial charge in [-0.2, -0.15) is 4.98 Å². The molecule has 0 saturated heterocycles. The van der Waals surface area contributed by atoms with Crippen molar-refractivity contribution in [3.8, 4) is 0 Å². The normalized spacial score (nSPS) is 15.6. The molecule has 0 radical (unpaired) electrons. The van der Waals surface area contributed by atoms with E-state index in [9.17, 15) is 4.79 Å². The highest BCUT2D eigenvalue weighted by atomic mass is 16.1. The second-order valence-corrected chi connectivity index (χ2v) is 4.40. The zero-order chi connectivity index (χ0) is 11.4. The Kier molecular flexibility index (Phi) is 3.72. The summed E-state index contributed by atoms with van der Waals surface area (Å²) in [5.41, 5.74) is 8.68. The topological polar surface area (TPSA) is 71.8 Å². The van der Waals surface area contributed by atoms with Crippen LogP contribution >= 0.6 is 0 Å². The van der Waals surface area contributed by atoms with Crippen LogP contribution in [0.15, 0.2) is 4.79 Å². The maximum absolute atomic E-state index is 11.4. The largest absolute Gasteiger partial charge is 0.345 e. The average molecular weight is 221 g/mol. The predicted molar refractivity (Wildman–Crippen MR) is 63.5 cm³/mol. The Labute approximate surface area is 95.3 Å². The molecule has 2 rings (SSSR count). The molecule has 3 N–H and O–H groups in total. The molecule has 16 heavy (non-hydrogen) atoms. The van der Waals surface area contributed by atoms with Crippen LogP contribution in [-0.4, -0.2) is 16.5 Å². The van der Waals surface area contributed by atoms with Crippen LogP contribution in [0, 0.1) is 0 Å². The van der Waals surface area contributed by atoms with Gasteiger partial charge in [-0.3, -0.25) is 0 Å². The summed E-state index contributed by atoms with van der Waals surface area (Å²) >= 11 is 0. The van der Waals surface area contributed by atoms with Gasteiger partial charge in [-0.15, -0.1) is 0 Å². The summed E-state index contributed by atoms with van der Waals surface area (Å²) in [5, 5.41) is 0. The van der Waals surface area contributed by atoms with Crippen molar-refractivity contribution in [1.29, 1.82) is 0 Å². The van der Waals surface area contributed by atoms with E-state index in [4.69, 9.17) is 5.73 Å². The number of rotatable bonds is 3. The van der Waals surface area contributed by atoms with Crippen LogP contribution in [0.5, 0.6) is 0 Å². The van der Waals surface area contributed by atoms with E-state index in [1.165, 1.54) is 24.8 Å². The third kappa shape index (κ3) is 2.50. The summed E-state index contributed by atoms with van der Waals surface area (Å²) in [6.07, 6.45) is 7.40. The molecule has 0 spiro atoms. The number of nitrogens with zero attached hydrogens (tertiary/aromatic N) is 1. The van der Waals surface area contributed by atoms with Crippen molar-refractivity contribution >= 4 is 0 Å². The SMILES string of the molecule is NCCCc1nc(=O)[nH]c2c1CCCCC2. The molecule has 0 unspecified atom stereocenters. The predicted octanol–water partition coefficient (Wildman–Crippen LogP) is 0.930. The number of aromatic amines is 1. The lowest BCUT2D eigenvalue weighted by molar-refractivity contribution is 0.706. The summed E-state index contributed by atoms with van der Waals surface area (Å²) in [6.45, 7) is 0.656. The zero-order valence-electron chi connectivity index (χ0n) is 9.59. The highest BCUT2D eigenvalue weighted by Crippen LogP contribution is 2.20. The Morgan fingerprint density at radius 2 is 2.06 bits per heavy atom. The monoisotopic (exact) mass is 221 g/mol. The summed E-state index contributed by atoms with van der Waals surface area (Å²) < 4.78 is 0. The number of nitrogens with one attached hydrogen (secondary N) is 1. The number of hydrogen-bond acceptors (Lipinski definition) is 3. The molecule has 1 aromatic heterocycles. The first-order chi connectivity index (χ1) is 7.81. The molecule has 0 saturated carbocycles. The molecule has 0 aromatic carbocycles. The van der Waals surface area contributed by atoms with Gasteiger partial charge in [0.2, 0.25) is 0 Å². The Hall–Kier alpha value is -1.16. The molecule has 4 heteroatoms. The van der Waals surface area contributed by atoms with Gasteiger partial charge in [-0.05, 0) is 50.6 Å². The molecule has 0 aliphatic heterocycles. The van der Waals surface area contributed by atoms with Crippen molar-refractivity contribution in [2.45, 2.75) is 44.9 Å². The number of aromatic nitrogens is 2. The molecule has 1 aliphatic rings. The second-order valence-electron chi connectivity index (χ2n) is 4.40. The minimum atomic E-state index is -0.201. The second kappa shape index (κ2) is 5.25. The van der Waals surface area contributed by atoms with Crippen molar-refractivity contribution in [3.05, 3.63) is 27.4 Å². The van der Waals surface area contributed by atoms with Gasteiger partial charge in [0, 0.05) is 5.69 Å². The molecular formula is C12H19N3O. The fourth-order valence-electron chi connectivity index (χ4n) is 2.36. The molecule has 4 nitrogen and oxygen atoms in total. The van der Waals surface area contributed by atoms with Gasteiger partial charge in [0.1, 0.15) is 0 Å². The van der Waals surface area contributed by atoms with E-state index >= 15 is 0 Å². The van der Waals surface area contributed by atoms with E-state index in [-0.39, 0.29) is 5.69 Å². The summed E-state index contributed by atoms with van der Waals surface area (Å²) in [4.78, 5) is 18.4. The average Bonchev–Trinajstić information content (AvgIpc) is 2.50. The van der Waals surface area contributed by atoms with Gasteiger partial charge < -0.3 is 10.7 Å². The standard InChI is InChI=1S/C12H19N3O/c13-8-4-7-11-9-5-2-1-3-6-10(9)14-12(16)15-11/h1-8,13H2,(H,14,15,16). The lowest BCUT2D eigenvalue weighted by Crippen LogP contribution is -2.19. The smallest absolute Gasteiger partial charge is 0.330 e. The van der Waals surface area contributed by atoms with E-state index in [0.29, 0.717) is 6.54 Å². The first-order valence-electron chi connectivity index (χ1n) is 6.12. The fraction of sp³-hybridized carbons (Fsp3) is 0.667. The van der Waals surface area contributed by atoms with Crippen molar-refractivity contribution < 1.29 is 0 Å². The van der Waals surface area contributed by atoms with Crippen molar-refractivity contribution in [3.63, 3.8) is 0 Å². The number of H-pyrrole nitrogens is 1. The van der Waals surface area contributed by atoms with Crippen molar-refractivity contribution in [2.75, 3.05) is 6.54 Å². The lowest BCUT2D eigenvalue weighted by atomic mass is 10.0. The molecule has 1 aliphatic carbocycles. The molecule has 1 aromatic rings. The van der Waals surface area contributed by atoms with E-state index in [0.717, 1.165) is 37.1 Å². The minimum Gasteiger partial charge on any atom is -0.330 e. The third-order valence-electron chi connectivity index (χ3n) is 3.18. The molecule has 0 atom stereocenters. The van der Waals surface area contributed by atoms with Gasteiger partial charge in [0.25, 0.3) is 0 Å². The van der Waals surface area contributed by atoms with Gasteiger partial charge in [0.05, 0.1) is 5.69 Å². The molecule has 0 amide bonds. The van der Waals surface area contributed by atoms with Crippen molar-refractivity contribution in [1.82, 2.24) is 9.97 Å². The quantitative estimate of drug-likeness (QED) is 0.746. The summed E-state index contributed by atoms with van der Waals surface area (Å²) in [6, 6.07) is 0. The number of aryl methyl sites for hydroxylation is 2. The summed E-state index contributed by atoms with van der Waals surface area (Å²) in [7, 11) is 0. The Bertz CT molecular complexity index is 411. The minimum absolute atomic E-state index is 0.201. The summed E-state index contributed by atoms with van der Waals surface area (Å²) in [5.74, 6) is 0. The van der Waals surface area contributed by atoms with Gasteiger partial charge in [0.15, 0.2) is 0 Å². The first kappa shape index (κ1) is 11.3. The Balaban J connectivity index is 2.34. The highest BCUT2D eigenvalue weighted by molar-refractivity contribution is 5.26. The zero-order valence-corrected chi connectivity index (χ0v) is 9.59. The van der Waals surface area contributed by atoms with Crippen molar-refractivity contribution in [2.24, 2.45) is 5.73 Å². The first-order valence-corrected chi connectivity index (χ1v) is 6.12. The van der Waals surface area contributed by atoms with Crippen LogP contribution in [-0.2, 0) is 19.3 Å². The number of hydrogen-bond donors (Lipinski definition) is 2. The van der Waals surface area contributed by atoms with Crippen LogP contribution in [0.1, 0.15) is 42.6 Å². The fourth-order valence-corrected chi connectivity index (χ4v) is 2.36. The number of fused-ring (bicyclic) bond motifs is 1. The Morgan fingerprint density at radius 3 is 2.88 bits per heavy atom. The molecule has 0 fully saturated rings. The van der Waals surface area contributed by atoms with Crippen LogP contribution in [0.2, 0.25) is 0 Å². The maximum atomic E-state index is 11.4. The lowest BCUT2D eigenvalue weighted by Gasteiger charge is -2.10. The molecule has 88 valence electrons. The highest BCUT2D eigenvalue weighted by Gasteiger charge is 2.14. The molecule has 0 bridgehead atoms. The third-order valence-corrected chi connectivity index (χ3v) is 3.18. The maximum Gasteiger partial charge on any atom is 0.345 e. The number of nitrogens with two attached hydrogens (primary N) is 1. The van der Waals surface area contributed by atoms with Crippen LogP contribution < -0.4 is 11.4 Å². The van der Waals surface area contributed by atoms with Crippen LogP contribution in [0.25, 0.3) is 0 Å². The van der Waals surface area contributed by atoms with Gasteiger partial charge in [-0.25, -0.2) is 4.79 Å². The van der Waals surface area contributed by atoms with Gasteiger partial charge >= 0.3 is 5.69 Å². The van der Waals surface area contributed by atoms with E-state index < -0.39 is 0 Å². The molecule has 1 heterocycles. The molecular weight excluding hydrogens is 202 g/mol. The van der Waals surface area contributed by atoms with E-state index in [1.807, 2.05) is 0 Å². The van der Waals surface area contributed by atoms with Crippen LogP contribution in [0.3, 0.4) is 0 Å². The van der Waals surface area contributed by atoms with E-state index in [1.54, 1.807) is 0 Å². The Morgan fingerprint density at radius 1 is 1.25 bits per heavy atom. The van der Waals surface area contributed by atoms with E-state index in [2.05, 4.69) is 9.97 Å². The van der Waals surface area contributed by atoms with Gasteiger partial charge in [-0.1, -0.05) is 6.42 Å².